The van der Waals surface area contributed by atoms with Crippen LogP contribution in [0.3, 0.4) is 0 Å². The summed E-state index contributed by atoms with van der Waals surface area (Å²) in [4.78, 5) is 36.7. The number of hydrogen-bond donors (Lipinski definition) is 0. The van der Waals surface area contributed by atoms with Gasteiger partial charge in [-0.15, -0.1) is 11.3 Å². The average molecular weight is 1730 g/mol. The predicted octanol–water partition coefficient (Wildman–Crippen LogP) is 27.5. The maximum absolute atomic E-state index is 5.06. The van der Waals surface area contributed by atoms with E-state index in [9.17, 15) is 0 Å². The van der Waals surface area contributed by atoms with Crippen molar-refractivity contribution in [3.8, 4) is 72.3 Å². The Hall–Kier alpha value is -16.5. The van der Waals surface area contributed by atoms with Gasteiger partial charge < -0.3 is 14.7 Å². The fraction of sp³-hybridized carbons (Fsp3) is 0.0508. The van der Waals surface area contributed by atoms with Gasteiger partial charge in [0.05, 0.1) is 111 Å². The molecule has 628 valence electrons. The van der Waals surface area contributed by atoms with Gasteiger partial charge in [0.1, 0.15) is 22.5 Å². The summed E-state index contributed by atoms with van der Waals surface area (Å²) in [6.45, 7) is 6.54. The second kappa shape index (κ2) is 33.0. The third kappa shape index (κ3) is 13.3. The van der Waals surface area contributed by atoms with Gasteiger partial charge in [-0.25, -0.2) is 24.9 Å². The molecule has 0 amide bonds. The van der Waals surface area contributed by atoms with E-state index < -0.39 is 8.07 Å². The number of fused-ring (bicyclic) bond motifs is 10. The summed E-state index contributed by atoms with van der Waals surface area (Å²) in [5, 5.41) is 8.75. The topological polar surface area (TPSA) is 102 Å². The molecule has 9 heterocycles. The lowest BCUT2D eigenvalue weighted by molar-refractivity contribution is 0.900. The van der Waals surface area contributed by atoms with Crippen LogP contribution in [-0.2, 0) is 19.3 Å². The highest BCUT2D eigenvalue weighted by atomic mass is 32.1. The summed E-state index contributed by atoms with van der Waals surface area (Å²) >= 11 is 1.74. The first-order valence-corrected chi connectivity index (χ1v) is 48.1. The van der Waals surface area contributed by atoms with Gasteiger partial charge >= 0.3 is 0 Å². The number of aromatic nitrogens is 9. The maximum atomic E-state index is 5.06. The van der Waals surface area contributed by atoms with E-state index >= 15 is 0 Å². The van der Waals surface area contributed by atoms with Crippen molar-refractivity contribution in [2.45, 2.75) is 40.0 Å². The molecule has 3 aliphatic heterocycles. The lowest BCUT2D eigenvalue weighted by Crippen LogP contribution is -2.74. The van der Waals surface area contributed by atoms with Crippen LogP contribution in [0.5, 0.6) is 0 Å². The molecule has 17 aromatic carbocycles. The van der Waals surface area contributed by atoms with Crippen molar-refractivity contribution in [3.63, 3.8) is 0 Å². The van der Waals surface area contributed by atoms with Crippen molar-refractivity contribution in [2.75, 3.05) is 14.7 Å². The quantitative estimate of drug-likeness (QED) is 0.0564. The van der Waals surface area contributed by atoms with Crippen LogP contribution in [0.25, 0.3) is 137 Å². The Morgan fingerprint density at radius 1 is 0.242 bits per heavy atom. The van der Waals surface area contributed by atoms with E-state index in [1.54, 1.807) is 11.3 Å². The highest BCUT2D eigenvalue weighted by molar-refractivity contribution is 7.21. The van der Waals surface area contributed by atoms with Crippen molar-refractivity contribution in [2.24, 2.45) is 0 Å². The van der Waals surface area contributed by atoms with Crippen LogP contribution < -0.4 is 35.4 Å². The molecule has 0 atom stereocenters. The normalized spacial score (nSPS) is 12.2. The SMILES string of the molecule is CCc1nc2cccc3c2n1-c1ccc(-c2ccc(-c4ccc5ccc6cccnc6c5n4)cc2)cc1N3c1ccccc1.CCc1nc2cccc3c2n1-c1ccc(-c2ccc(-c4nc5ccccc5s4)cc2)cc1N3c1ccccc1.CCc1nc2cccc3c2n1-c1ccc(-c2ccc([Si](c4ccccc4)(c4ccccc4)c4ccccc4)cc2)cc1N3c1ccccc1. The summed E-state index contributed by atoms with van der Waals surface area (Å²) in [5.74, 6) is 3.24. The minimum atomic E-state index is -2.59. The Labute approximate surface area is 769 Å². The molecule has 132 heavy (non-hydrogen) atoms. The van der Waals surface area contributed by atoms with Gasteiger partial charge in [0.2, 0.25) is 0 Å². The molecule has 12 nitrogen and oxygen atoms in total. The van der Waals surface area contributed by atoms with Gasteiger partial charge in [0.15, 0.2) is 8.07 Å². The Balaban J connectivity index is 0.000000110. The third-order valence-electron chi connectivity index (χ3n) is 26.2. The third-order valence-corrected chi connectivity index (χ3v) is 32.1. The standard InChI is InChI=1S/C45H35N3Si.C39H27N5.C34H24N4S/c1-2-44-46-40-24-15-25-42-45(40)48(44)41-31-28-34(32-43(41)47(42)35-16-7-3-8-17-35)33-26-29-39(30-27-33)49(36-18-9-4-10-19-36,37-20-11-5-12-21-37)38-22-13-6-14-23-38;1-2-36-41-32-11-6-12-34-39(32)44(36)33-22-20-29(24-35(33)43(34)30-9-4-3-5-10-30)25-13-15-26(16-14-25)31-21-19-28-18-17-27-8-7-23-40-37(27)38(28)42-31;1-2-32-35-27-12-8-13-29-33(27)38(32)28-20-19-24(21-30(28)37(29)25-9-4-3-5-10-25)22-15-17-23(18-16-22)34-36-26-11-6-7-14-31(26)39-34/h3-32H,2H2,1H3;3-24H,2H2,1H3;3-21H,2H2,1H3. The molecule has 0 bridgehead atoms. The molecular formula is C118H86N12SSi. The smallest absolute Gasteiger partial charge is 0.179 e. The minimum Gasteiger partial charge on any atom is -0.306 e. The Morgan fingerprint density at radius 3 is 0.992 bits per heavy atom. The zero-order valence-corrected chi connectivity index (χ0v) is 74.7. The summed E-state index contributed by atoms with van der Waals surface area (Å²) in [6, 6.07) is 153. The molecule has 0 radical (unpaired) electrons. The molecule has 23 aromatic rings. The van der Waals surface area contributed by atoms with Gasteiger partial charge in [0, 0.05) is 64.4 Å². The Bertz CT molecular complexity index is 8200. The fourth-order valence-corrected chi connectivity index (χ4v) is 25.9. The lowest BCUT2D eigenvalue weighted by atomic mass is 9.99. The number of pyridine rings is 2. The van der Waals surface area contributed by atoms with Crippen LogP contribution in [-0.4, -0.2) is 51.7 Å². The minimum absolute atomic E-state index is 0.858. The fourth-order valence-electron chi connectivity index (χ4n) is 20.2. The number of thiazole rings is 1. The van der Waals surface area contributed by atoms with Gasteiger partial charge in [-0.05, 0) is 188 Å². The summed E-state index contributed by atoms with van der Waals surface area (Å²) in [7, 11) is -2.59. The highest BCUT2D eigenvalue weighted by Gasteiger charge is 2.42. The van der Waals surface area contributed by atoms with E-state index in [1.807, 2.05) is 18.3 Å². The predicted molar refractivity (Wildman–Crippen MR) is 551 cm³/mol. The lowest BCUT2D eigenvalue weighted by Gasteiger charge is -2.34. The largest absolute Gasteiger partial charge is 0.306 e. The van der Waals surface area contributed by atoms with E-state index in [-0.39, 0.29) is 0 Å². The van der Waals surface area contributed by atoms with E-state index in [0.717, 1.165) is 193 Å². The van der Waals surface area contributed by atoms with Crippen LogP contribution >= 0.6 is 11.3 Å². The molecule has 0 spiro atoms. The van der Waals surface area contributed by atoms with Crippen LogP contribution in [0.1, 0.15) is 38.2 Å². The Morgan fingerprint density at radius 2 is 0.583 bits per heavy atom. The summed E-state index contributed by atoms with van der Waals surface area (Å²) in [5.41, 5.74) is 33.5. The molecule has 0 fully saturated rings. The zero-order chi connectivity index (χ0) is 87.9. The average Bonchev–Trinajstić information content (AvgIpc) is 1.53. The number of imidazole rings is 3. The van der Waals surface area contributed by atoms with Gasteiger partial charge in [-0.2, -0.15) is 0 Å². The first-order chi connectivity index (χ1) is 65.3. The van der Waals surface area contributed by atoms with Crippen LogP contribution in [0.15, 0.2) is 431 Å². The van der Waals surface area contributed by atoms with E-state index in [2.05, 4.69) is 467 Å². The first-order valence-electron chi connectivity index (χ1n) is 45.3. The monoisotopic (exact) mass is 1730 g/mol. The molecule has 0 unspecified atom stereocenters. The summed E-state index contributed by atoms with van der Waals surface area (Å²) in [6.07, 6.45) is 4.42. The molecule has 3 aliphatic rings. The van der Waals surface area contributed by atoms with Crippen molar-refractivity contribution in [1.82, 2.24) is 43.6 Å². The van der Waals surface area contributed by atoms with E-state index in [1.165, 1.54) is 53.2 Å². The Kier molecular flexibility index (Phi) is 19.7. The summed E-state index contributed by atoms with van der Waals surface area (Å²) < 4.78 is 8.27. The van der Waals surface area contributed by atoms with Gasteiger partial charge in [-0.3, -0.25) is 18.7 Å². The molecule has 0 aliphatic carbocycles. The number of nitrogens with zero attached hydrogens (tertiary/aromatic N) is 12. The van der Waals surface area contributed by atoms with Gasteiger partial charge in [-0.1, -0.05) is 312 Å². The van der Waals surface area contributed by atoms with Crippen molar-refractivity contribution in [1.29, 1.82) is 0 Å². The maximum Gasteiger partial charge on any atom is 0.179 e. The number of aryl methyl sites for hydroxylation is 3. The van der Waals surface area contributed by atoms with Crippen LogP contribution in [0.4, 0.5) is 51.2 Å². The zero-order valence-electron chi connectivity index (χ0n) is 72.9. The molecule has 0 N–H and O–H groups in total. The molecule has 26 rings (SSSR count). The molecule has 0 saturated carbocycles. The van der Waals surface area contributed by atoms with E-state index in [4.69, 9.17) is 24.9 Å². The number of rotatable bonds is 15. The number of anilines is 9. The number of hydrogen-bond acceptors (Lipinski definition) is 10. The van der Waals surface area contributed by atoms with Gasteiger partial charge in [0.25, 0.3) is 0 Å². The van der Waals surface area contributed by atoms with Crippen molar-refractivity contribution in [3.05, 3.63) is 448 Å². The van der Waals surface area contributed by atoms with Crippen molar-refractivity contribution < 1.29 is 0 Å². The molecule has 14 heteroatoms. The molecule has 0 saturated heterocycles. The second-order valence-electron chi connectivity index (χ2n) is 33.7. The first kappa shape index (κ1) is 78.9. The molecular weight excluding hydrogens is 1650 g/mol. The van der Waals surface area contributed by atoms with E-state index in [0.29, 0.717) is 0 Å². The van der Waals surface area contributed by atoms with Crippen molar-refractivity contribution >= 4 is 156 Å². The second-order valence-corrected chi connectivity index (χ2v) is 38.5. The number of para-hydroxylation sites is 7. The number of benzene rings is 17. The highest BCUT2D eigenvalue weighted by Crippen LogP contribution is 2.53. The van der Waals surface area contributed by atoms with Crippen LogP contribution in [0, 0.1) is 0 Å². The van der Waals surface area contributed by atoms with Crippen LogP contribution in [0.2, 0.25) is 0 Å². The molecule has 6 aromatic heterocycles.